The lowest BCUT2D eigenvalue weighted by Crippen LogP contribution is -2.36. The zero-order valence-electron chi connectivity index (χ0n) is 10.9. The Balaban J connectivity index is 1.97. The first-order valence-corrected chi connectivity index (χ1v) is 6.34. The van der Waals surface area contributed by atoms with Crippen molar-refractivity contribution in [1.29, 1.82) is 0 Å². The van der Waals surface area contributed by atoms with Crippen LogP contribution in [-0.2, 0) is 17.9 Å². The molecule has 1 aromatic carbocycles. The van der Waals surface area contributed by atoms with Crippen molar-refractivity contribution in [1.82, 2.24) is 4.90 Å². The largest absolute Gasteiger partial charge is 0.369 e. The predicted molar refractivity (Wildman–Crippen MR) is 71.5 cm³/mol. The van der Waals surface area contributed by atoms with Gasteiger partial charge in [-0.15, -0.1) is 0 Å². The number of carbonyl (C=O) groups is 1. The van der Waals surface area contributed by atoms with E-state index in [1.807, 2.05) is 6.92 Å². The molecule has 1 saturated heterocycles. The molecule has 1 aromatic rings. The second kappa shape index (κ2) is 5.08. The van der Waals surface area contributed by atoms with Gasteiger partial charge in [0.2, 0.25) is 5.91 Å². The van der Waals surface area contributed by atoms with Crippen LogP contribution < -0.4 is 11.5 Å². The van der Waals surface area contributed by atoms with E-state index in [0.717, 1.165) is 31.6 Å². The molecule has 4 heteroatoms. The van der Waals surface area contributed by atoms with Crippen LogP contribution in [0.1, 0.15) is 24.5 Å². The molecular formula is C14H21N3O. The summed E-state index contributed by atoms with van der Waals surface area (Å²) in [6, 6.07) is 8.31. The minimum atomic E-state index is -0.364. The van der Waals surface area contributed by atoms with E-state index < -0.39 is 0 Å². The first-order valence-electron chi connectivity index (χ1n) is 6.34. The molecule has 1 aliphatic heterocycles. The maximum atomic E-state index is 11.4. The van der Waals surface area contributed by atoms with Crippen LogP contribution in [0.5, 0.6) is 0 Å². The first kappa shape index (κ1) is 13.1. The standard InChI is InChI=1S/C14H21N3O/c1-14(13(16)18)6-7-17(10-14)9-12-4-2-11(8-15)3-5-12/h2-5H,6-10,15H2,1H3,(H2,16,18). The van der Waals surface area contributed by atoms with E-state index in [1.54, 1.807) is 0 Å². The van der Waals surface area contributed by atoms with Gasteiger partial charge in [0.15, 0.2) is 0 Å². The summed E-state index contributed by atoms with van der Waals surface area (Å²) in [6.07, 6.45) is 0.850. The topological polar surface area (TPSA) is 72.4 Å². The van der Waals surface area contributed by atoms with Gasteiger partial charge in [-0.2, -0.15) is 0 Å². The van der Waals surface area contributed by atoms with Crippen molar-refractivity contribution < 1.29 is 4.79 Å². The summed E-state index contributed by atoms with van der Waals surface area (Å²) in [7, 11) is 0. The average molecular weight is 247 g/mol. The smallest absolute Gasteiger partial charge is 0.224 e. The Bertz CT molecular complexity index is 429. The Morgan fingerprint density at radius 3 is 2.44 bits per heavy atom. The molecule has 0 saturated carbocycles. The van der Waals surface area contributed by atoms with E-state index in [-0.39, 0.29) is 11.3 Å². The summed E-state index contributed by atoms with van der Waals surface area (Å²) in [4.78, 5) is 13.7. The van der Waals surface area contributed by atoms with Crippen molar-refractivity contribution in [3.05, 3.63) is 35.4 Å². The number of likely N-dealkylation sites (tertiary alicyclic amines) is 1. The highest BCUT2D eigenvalue weighted by Crippen LogP contribution is 2.30. The molecule has 4 N–H and O–H groups in total. The maximum absolute atomic E-state index is 11.4. The van der Waals surface area contributed by atoms with Gasteiger partial charge in [-0.05, 0) is 31.0 Å². The van der Waals surface area contributed by atoms with Gasteiger partial charge in [0.25, 0.3) is 0 Å². The molecule has 0 aromatic heterocycles. The minimum Gasteiger partial charge on any atom is -0.369 e. The fraction of sp³-hybridized carbons (Fsp3) is 0.500. The fourth-order valence-corrected chi connectivity index (χ4v) is 2.43. The Labute approximate surface area is 108 Å². The van der Waals surface area contributed by atoms with Crippen LogP contribution in [0.3, 0.4) is 0 Å². The number of nitrogens with zero attached hydrogens (tertiary/aromatic N) is 1. The highest BCUT2D eigenvalue weighted by Gasteiger charge is 2.38. The molecule has 1 fully saturated rings. The van der Waals surface area contributed by atoms with Gasteiger partial charge in [-0.25, -0.2) is 0 Å². The third kappa shape index (κ3) is 2.71. The Hall–Kier alpha value is -1.39. The molecular weight excluding hydrogens is 226 g/mol. The molecule has 18 heavy (non-hydrogen) atoms. The summed E-state index contributed by atoms with van der Waals surface area (Å²) in [5.74, 6) is -0.191. The minimum absolute atomic E-state index is 0.191. The van der Waals surface area contributed by atoms with Crippen LogP contribution in [0.2, 0.25) is 0 Å². The van der Waals surface area contributed by atoms with E-state index in [4.69, 9.17) is 11.5 Å². The third-order valence-electron chi connectivity index (χ3n) is 3.81. The normalized spacial score (nSPS) is 24.3. The molecule has 1 unspecified atom stereocenters. The van der Waals surface area contributed by atoms with Crippen molar-refractivity contribution in [2.75, 3.05) is 13.1 Å². The van der Waals surface area contributed by atoms with E-state index in [2.05, 4.69) is 29.2 Å². The van der Waals surface area contributed by atoms with Crippen LogP contribution >= 0.6 is 0 Å². The van der Waals surface area contributed by atoms with Crippen molar-refractivity contribution in [2.24, 2.45) is 16.9 Å². The van der Waals surface area contributed by atoms with Crippen LogP contribution in [0.4, 0.5) is 0 Å². The third-order valence-corrected chi connectivity index (χ3v) is 3.81. The molecule has 0 spiro atoms. The quantitative estimate of drug-likeness (QED) is 0.828. The molecule has 1 aliphatic rings. The molecule has 98 valence electrons. The number of rotatable bonds is 4. The van der Waals surface area contributed by atoms with Gasteiger partial charge in [0, 0.05) is 19.6 Å². The first-order chi connectivity index (χ1) is 8.53. The molecule has 0 bridgehead atoms. The second-order valence-electron chi connectivity index (χ2n) is 5.41. The number of hydrogen-bond donors (Lipinski definition) is 2. The zero-order chi connectivity index (χ0) is 13.2. The van der Waals surface area contributed by atoms with E-state index >= 15 is 0 Å². The van der Waals surface area contributed by atoms with Crippen LogP contribution in [0.25, 0.3) is 0 Å². The van der Waals surface area contributed by atoms with Gasteiger partial charge < -0.3 is 11.5 Å². The summed E-state index contributed by atoms with van der Waals surface area (Å²) in [5, 5.41) is 0. The Morgan fingerprint density at radius 2 is 1.94 bits per heavy atom. The van der Waals surface area contributed by atoms with Gasteiger partial charge in [-0.3, -0.25) is 9.69 Å². The highest BCUT2D eigenvalue weighted by molar-refractivity contribution is 5.81. The van der Waals surface area contributed by atoms with E-state index in [9.17, 15) is 4.79 Å². The lowest BCUT2D eigenvalue weighted by molar-refractivity contribution is -0.126. The summed E-state index contributed by atoms with van der Waals surface area (Å²) < 4.78 is 0. The lowest BCUT2D eigenvalue weighted by atomic mass is 9.89. The van der Waals surface area contributed by atoms with Crippen LogP contribution in [-0.4, -0.2) is 23.9 Å². The molecule has 1 atom stereocenters. The average Bonchev–Trinajstić information content (AvgIpc) is 2.73. The lowest BCUT2D eigenvalue weighted by Gasteiger charge is -2.21. The number of nitrogens with two attached hydrogens (primary N) is 2. The maximum Gasteiger partial charge on any atom is 0.224 e. The monoisotopic (exact) mass is 247 g/mol. The van der Waals surface area contributed by atoms with Gasteiger partial charge in [0.1, 0.15) is 0 Å². The SMILES string of the molecule is CC1(C(N)=O)CCN(Cc2ccc(CN)cc2)C1. The van der Waals surface area contributed by atoms with E-state index in [1.165, 1.54) is 5.56 Å². The van der Waals surface area contributed by atoms with Gasteiger partial charge in [-0.1, -0.05) is 24.3 Å². The van der Waals surface area contributed by atoms with Crippen LogP contribution in [0.15, 0.2) is 24.3 Å². The van der Waals surface area contributed by atoms with Gasteiger partial charge in [0.05, 0.1) is 5.41 Å². The van der Waals surface area contributed by atoms with Crippen molar-refractivity contribution >= 4 is 5.91 Å². The molecule has 4 nitrogen and oxygen atoms in total. The Kier molecular flexibility index (Phi) is 3.68. The van der Waals surface area contributed by atoms with Crippen molar-refractivity contribution in [3.8, 4) is 0 Å². The number of primary amides is 1. The van der Waals surface area contributed by atoms with Gasteiger partial charge >= 0.3 is 0 Å². The highest BCUT2D eigenvalue weighted by atomic mass is 16.1. The zero-order valence-corrected chi connectivity index (χ0v) is 10.9. The summed E-state index contributed by atoms with van der Waals surface area (Å²) in [6.45, 7) is 5.07. The second-order valence-corrected chi connectivity index (χ2v) is 5.41. The summed E-state index contributed by atoms with van der Waals surface area (Å²) in [5.41, 5.74) is 13.0. The molecule has 0 radical (unpaired) electrons. The van der Waals surface area contributed by atoms with E-state index in [0.29, 0.717) is 6.54 Å². The van der Waals surface area contributed by atoms with Crippen LogP contribution in [0, 0.1) is 5.41 Å². The predicted octanol–water partition coefficient (Wildman–Crippen LogP) is 0.843. The molecule has 1 heterocycles. The molecule has 0 aliphatic carbocycles. The fourth-order valence-electron chi connectivity index (χ4n) is 2.43. The number of carbonyl (C=O) groups excluding carboxylic acids is 1. The number of benzene rings is 1. The number of hydrogen-bond acceptors (Lipinski definition) is 3. The van der Waals surface area contributed by atoms with Crippen molar-refractivity contribution in [3.63, 3.8) is 0 Å². The summed E-state index contributed by atoms with van der Waals surface area (Å²) >= 11 is 0. The molecule has 1 amide bonds. The van der Waals surface area contributed by atoms with Crippen molar-refractivity contribution in [2.45, 2.75) is 26.4 Å². The molecule has 2 rings (SSSR count). The number of amides is 1. The Morgan fingerprint density at radius 1 is 1.33 bits per heavy atom.